The van der Waals surface area contributed by atoms with Gasteiger partial charge in [-0.15, -0.1) is 0 Å². The summed E-state index contributed by atoms with van der Waals surface area (Å²) in [7, 11) is 0. The molecule has 0 bridgehead atoms. The largest absolute Gasteiger partial charge is 0.377 e. The summed E-state index contributed by atoms with van der Waals surface area (Å²) in [6.07, 6.45) is 0. The maximum absolute atomic E-state index is 12.7. The molecule has 1 aliphatic heterocycles. The third kappa shape index (κ3) is 2.59. The van der Waals surface area contributed by atoms with Gasteiger partial charge < -0.3 is 9.64 Å². The Labute approximate surface area is 116 Å². The average molecular weight is 312 g/mol. The third-order valence-electron chi connectivity index (χ3n) is 3.36. The van der Waals surface area contributed by atoms with Gasteiger partial charge in [0.1, 0.15) is 0 Å². The van der Waals surface area contributed by atoms with Gasteiger partial charge in [-0.3, -0.25) is 4.79 Å². The average Bonchev–Trinajstić information content (AvgIpc) is 2.38. The second kappa shape index (κ2) is 5.85. The number of benzene rings is 1. The predicted molar refractivity (Wildman–Crippen MR) is 75.4 cm³/mol. The van der Waals surface area contributed by atoms with Gasteiger partial charge in [0, 0.05) is 17.4 Å². The fourth-order valence-corrected chi connectivity index (χ4v) is 2.88. The van der Waals surface area contributed by atoms with E-state index in [1.165, 1.54) is 0 Å². The van der Waals surface area contributed by atoms with E-state index in [9.17, 15) is 4.79 Å². The van der Waals surface area contributed by atoms with Crippen molar-refractivity contribution < 1.29 is 9.53 Å². The summed E-state index contributed by atoms with van der Waals surface area (Å²) in [6, 6.07) is 6.10. The summed E-state index contributed by atoms with van der Waals surface area (Å²) in [4.78, 5) is 14.6. The zero-order valence-corrected chi connectivity index (χ0v) is 12.4. The summed E-state index contributed by atoms with van der Waals surface area (Å²) in [5.41, 5.74) is 2.92. The zero-order valence-electron chi connectivity index (χ0n) is 10.8. The van der Waals surface area contributed by atoms with Crippen LogP contribution >= 0.6 is 15.9 Å². The van der Waals surface area contributed by atoms with Gasteiger partial charge in [0.05, 0.1) is 19.3 Å². The molecule has 1 aliphatic rings. The van der Waals surface area contributed by atoms with E-state index < -0.39 is 0 Å². The monoisotopic (exact) mass is 311 g/mol. The van der Waals surface area contributed by atoms with Gasteiger partial charge in [0.2, 0.25) is 0 Å². The van der Waals surface area contributed by atoms with Gasteiger partial charge in [-0.25, -0.2) is 0 Å². The molecular weight excluding hydrogens is 294 g/mol. The number of carbonyl (C=O) groups is 1. The van der Waals surface area contributed by atoms with Crippen molar-refractivity contribution in [1.82, 2.24) is 4.90 Å². The van der Waals surface area contributed by atoms with Crippen LogP contribution in [0.1, 0.15) is 21.5 Å². The lowest BCUT2D eigenvalue weighted by Crippen LogP contribution is -2.49. The van der Waals surface area contributed by atoms with E-state index in [-0.39, 0.29) is 11.9 Å². The fraction of sp³-hybridized carbons (Fsp3) is 0.500. The van der Waals surface area contributed by atoms with E-state index in [4.69, 9.17) is 4.74 Å². The minimum absolute atomic E-state index is 0.123. The quantitative estimate of drug-likeness (QED) is 0.786. The Bertz CT molecular complexity index is 427. The van der Waals surface area contributed by atoms with E-state index >= 15 is 0 Å². The fourth-order valence-electron chi connectivity index (χ4n) is 2.35. The topological polar surface area (TPSA) is 29.5 Å². The smallest absolute Gasteiger partial charge is 0.254 e. The second-order valence-electron chi connectivity index (χ2n) is 4.65. The minimum Gasteiger partial charge on any atom is -0.377 e. The highest BCUT2D eigenvalue weighted by Crippen LogP contribution is 2.19. The highest BCUT2D eigenvalue weighted by molar-refractivity contribution is 9.09. The van der Waals surface area contributed by atoms with Gasteiger partial charge >= 0.3 is 0 Å². The Hall–Kier alpha value is -0.870. The lowest BCUT2D eigenvalue weighted by atomic mass is 10.0. The summed E-state index contributed by atoms with van der Waals surface area (Å²) >= 11 is 3.46. The van der Waals surface area contributed by atoms with Crippen LogP contribution in [0.15, 0.2) is 18.2 Å². The molecule has 1 amide bonds. The number of rotatable bonds is 2. The van der Waals surface area contributed by atoms with Gasteiger partial charge in [-0.1, -0.05) is 34.1 Å². The van der Waals surface area contributed by atoms with Gasteiger partial charge in [-0.05, 0) is 25.0 Å². The van der Waals surface area contributed by atoms with Crippen molar-refractivity contribution >= 4 is 21.8 Å². The molecule has 0 N–H and O–H groups in total. The Morgan fingerprint density at radius 3 is 2.72 bits per heavy atom. The number of carbonyl (C=O) groups excluding carboxylic acids is 1. The van der Waals surface area contributed by atoms with E-state index in [0.717, 1.165) is 22.0 Å². The summed E-state index contributed by atoms with van der Waals surface area (Å²) < 4.78 is 5.43. The molecule has 1 aromatic rings. The first kappa shape index (κ1) is 13.6. The lowest BCUT2D eigenvalue weighted by Gasteiger charge is -2.35. The first-order valence-electron chi connectivity index (χ1n) is 6.16. The van der Waals surface area contributed by atoms with E-state index in [1.807, 2.05) is 36.9 Å². The number of ether oxygens (including phenoxy) is 1. The first-order chi connectivity index (χ1) is 8.65. The van der Waals surface area contributed by atoms with Gasteiger partial charge in [0.15, 0.2) is 0 Å². The van der Waals surface area contributed by atoms with E-state index in [0.29, 0.717) is 19.8 Å². The minimum atomic E-state index is 0.123. The van der Waals surface area contributed by atoms with Crippen LogP contribution in [0.4, 0.5) is 0 Å². The first-order valence-corrected chi connectivity index (χ1v) is 7.28. The van der Waals surface area contributed by atoms with Crippen LogP contribution in [-0.4, -0.2) is 41.9 Å². The molecule has 0 radical (unpaired) electrons. The zero-order chi connectivity index (χ0) is 13.1. The predicted octanol–water partition coefficient (Wildman–Crippen LogP) is 2.54. The molecule has 1 unspecified atom stereocenters. The van der Waals surface area contributed by atoms with Crippen molar-refractivity contribution in [1.29, 1.82) is 0 Å². The van der Waals surface area contributed by atoms with Crippen LogP contribution in [-0.2, 0) is 4.74 Å². The molecule has 1 heterocycles. The number of aryl methyl sites for hydroxylation is 2. The van der Waals surface area contributed by atoms with E-state index in [2.05, 4.69) is 15.9 Å². The van der Waals surface area contributed by atoms with Gasteiger partial charge in [0.25, 0.3) is 5.91 Å². The number of morpholine rings is 1. The summed E-state index contributed by atoms with van der Waals surface area (Å²) in [5, 5.41) is 0.754. The maximum Gasteiger partial charge on any atom is 0.254 e. The molecule has 4 heteroatoms. The highest BCUT2D eigenvalue weighted by Gasteiger charge is 2.28. The number of amides is 1. The lowest BCUT2D eigenvalue weighted by molar-refractivity contribution is 0.00516. The van der Waals surface area contributed by atoms with Crippen molar-refractivity contribution in [2.24, 2.45) is 0 Å². The molecule has 1 aromatic carbocycles. The maximum atomic E-state index is 12.7. The van der Waals surface area contributed by atoms with Crippen LogP contribution in [0, 0.1) is 13.8 Å². The van der Waals surface area contributed by atoms with Crippen LogP contribution in [0.5, 0.6) is 0 Å². The van der Waals surface area contributed by atoms with Crippen molar-refractivity contribution in [3.63, 3.8) is 0 Å². The van der Waals surface area contributed by atoms with Crippen LogP contribution in [0.3, 0.4) is 0 Å². The molecule has 1 fully saturated rings. The second-order valence-corrected chi connectivity index (χ2v) is 5.30. The van der Waals surface area contributed by atoms with Crippen molar-refractivity contribution in [3.05, 3.63) is 34.9 Å². The Morgan fingerprint density at radius 1 is 1.44 bits per heavy atom. The molecule has 98 valence electrons. The number of hydrogen-bond donors (Lipinski definition) is 0. The molecular formula is C14H18BrNO2. The van der Waals surface area contributed by atoms with Crippen molar-refractivity contribution in [2.75, 3.05) is 25.1 Å². The standard InChI is InChI=1S/C14H18BrNO2/c1-10-4-3-5-11(2)13(10)14(17)16-6-7-18-9-12(16)8-15/h3-5,12H,6-9H2,1-2H3. The molecule has 1 atom stereocenters. The molecule has 0 aliphatic carbocycles. The van der Waals surface area contributed by atoms with E-state index in [1.54, 1.807) is 0 Å². The SMILES string of the molecule is Cc1cccc(C)c1C(=O)N1CCOCC1CBr. The Kier molecular flexibility index (Phi) is 4.40. The summed E-state index contributed by atoms with van der Waals surface area (Å²) in [5.74, 6) is 0.123. The van der Waals surface area contributed by atoms with Crippen LogP contribution < -0.4 is 0 Å². The molecule has 2 rings (SSSR count). The molecule has 0 saturated carbocycles. The van der Waals surface area contributed by atoms with Crippen molar-refractivity contribution in [2.45, 2.75) is 19.9 Å². The Morgan fingerprint density at radius 2 is 2.11 bits per heavy atom. The Balaban J connectivity index is 2.30. The molecule has 18 heavy (non-hydrogen) atoms. The van der Waals surface area contributed by atoms with Crippen molar-refractivity contribution in [3.8, 4) is 0 Å². The molecule has 0 aromatic heterocycles. The molecule has 3 nitrogen and oxygen atoms in total. The number of nitrogens with zero attached hydrogens (tertiary/aromatic N) is 1. The number of halogens is 1. The van der Waals surface area contributed by atoms with Crippen LogP contribution in [0.2, 0.25) is 0 Å². The number of hydrogen-bond acceptors (Lipinski definition) is 2. The normalized spacial score (nSPS) is 19.9. The third-order valence-corrected chi connectivity index (χ3v) is 4.11. The number of alkyl halides is 1. The highest BCUT2D eigenvalue weighted by atomic mass is 79.9. The van der Waals surface area contributed by atoms with Gasteiger partial charge in [-0.2, -0.15) is 0 Å². The molecule has 0 spiro atoms. The molecule has 1 saturated heterocycles. The summed E-state index contributed by atoms with van der Waals surface area (Å²) in [6.45, 7) is 5.89. The van der Waals surface area contributed by atoms with Crippen LogP contribution in [0.25, 0.3) is 0 Å².